The van der Waals surface area contributed by atoms with Crippen LogP contribution in [0.4, 0.5) is 5.69 Å². The molecule has 142 valence electrons. The number of aryl methyl sites for hydroxylation is 1. The number of aromatic nitrogens is 4. The van der Waals surface area contributed by atoms with E-state index < -0.39 is 11.2 Å². The first-order valence-corrected chi connectivity index (χ1v) is 8.84. The molecule has 0 bridgehead atoms. The highest BCUT2D eigenvalue weighted by Crippen LogP contribution is 2.29. The van der Waals surface area contributed by atoms with Crippen LogP contribution in [0.3, 0.4) is 0 Å². The molecule has 0 aliphatic rings. The average Bonchev–Trinajstić information content (AvgIpc) is 3.10. The van der Waals surface area contributed by atoms with E-state index in [1.807, 2.05) is 24.3 Å². The Hall–Kier alpha value is -3.39. The number of hydrogen-bond acceptors (Lipinski definition) is 4. The van der Waals surface area contributed by atoms with E-state index in [0.717, 1.165) is 15.3 Å². The van der Waals surface area contributed by atoms with Crippen molar-refractivity contribution in [2.75, 3.05) is 5.32 Å². The zero-order chi connectivity index (χ0) is 20.0. The van der Waals surface area contributed by atoms with Gasteiger partial charge < -0.3 is 9.88 Å². The van der Waals surface area contributed by atoms with Crippen LogP contribution in [-0.4, -0.2) is 24.6 Å². The van der Waals surface area contributed by atoms with Gasteiger partial charge in [-0.15, -0.1) is 0 Å². The number of nitrogens with zero attached hydrogens (tertiary/aromatic N) is 4. The summed E-state index contributed by atoms with van der Waals surface area (Å²) in [4.78, 5) is 41.2. The van der Waals surface area contributed by atoms with Crippen LogP contribution in [0.1, 0.15) is 0 Å². The molecule has 8 nitrogen and oxygen atoms in total. The number of amides is 1. The maximum atomic E-state index is 12.6. The summed E-state index contributed by atoms with van der Waals surface area (Å²) in [7, 11) is 2.92. The number of halogens is 1. The van der Waals surface area contributed by atoms with Crippen molar-refractivity contribution in [3.8, 4) is 0 Å². The summed E-state index contributed by atoms with van der Waals surface area (Å²) in [6, 6.07) is 10.9. The van der Waals surface area contributed by atoms with Crippen LogP contribution in [0.2, 0.25) is 5.02 Å². The smallest absolute Gasteiger partial charge is 0.324 e. The molecule has 1 N–H and O–H groups in total. The zero-order valence-corrected chi connectivity index (χ0v) is 15.9. The molecular weight excluding hydrogens is 382 g/mol. The van der Waals surface area contributed by atoms with Crippen LogP contribution in [-0.2, 0) is 25.4 Å². The Bertz CT molecular complexity index is 1370. The summed E-state index contributed by atoms with van der Waals surface area (Å²) in [5, 5.41) is 5.10. The minimum Gasteiger partial charge on any atom is -0.324 e. The van der Waals surface area contributed by atoms with Crippen molar-refractivity contribution in [1.82, 2.24) is 18.7 Å². The Morgan fingerprint density at radius 2 is 1.79 bits per heavy atom. The van der Waals surface area contributed by atoms with Crippen LogP contribution >= 0.6 is 11.6 Å². The fourth-order valence-corrected chi connectivity index (χ4v) is 3.46. The predicted molar refractivity (Wildman–Crippen MR) is 108 cm³/mol. The van der Waals surface area contributed by atoms with Crippen molar-refractivity contribution in [2.24, 2.45) is 14.1 Å². The standard InChI is InChI=1S/C19H16ClN5O3/c1-23-17-16(18(27)24(2)19(23)28)25(10-21-17)9-15(26)22-14-8-7-13(20)11-5-3-4-6-12(11)14/h3-8,10H,9H2,1-2H3,(H,22,26). The second-order valence-corrected chi connectivity index (χ2v) is 6.85. The Morgan fingerprint density at radius 3 is 2.54 bits per heavy atom. The Morgan fingerprint density at radius 1 is 1.07 bits per heavy atom. The van der Waals surface area contributed by atoms with E-state index in [2.05, 4.69) is 10.3 Å². The molecule has 0 fully saturated rings. The number of anilines is 1. The van der Waals surface area contributed by atoms with Gasteiger partial charge in [0.2, 0.25) is 5.91 Å². The first kappa shape index (κ1) is 18.0. The van der Waals surface area contributed by atoms with Crippen LogP contribution in [0.5, 0.6) is 0 Å². The van der Waals surface area contributed by atoms with Crippen molar-refractivity contribution >= 4 is 45.1 Å². The van der Waals surface area contributed by atoms with Gasteiger partial charge in [-0.05, 0) is 12.1 Å². The molecule has 0 saturated heterocycles. The van der Waals surface area contributed by atoms with E-state index in [-0.39, 0.29) is 23.6 Å². The molecule has 1 amide bonds. The summed E-state index contributed by atoms with van der Waals surface area (Å²) >= 11 is 6.22. The van der Waals surface area contributed by atoms with Crippen molar-refractivity contribution in [3.63, 3.8) is 0 Å². The van der Waals surface area contributed by atoms with Gasteiger partial charge in [-0.25, -0.2) is 9.78 Å². The fourth-order valence-electron chi connectivity index (χ4n) is 3.23. The molecule has 9 heteroatoms. The number of hydrogen-bond donors (Lipinski definition) is 1. The summed E-state index contributed by atoms with van der Waals surface area (Å²) in [5.74, 6) is -0.331. The molecular formula is C19H16ClN5O3. The summed E-state index contributed by atoms with van der Waals surface area (Å²) in [5.41, 5.74) is 0.0773. The van der Waals surface area contributed by atoms with Gasteiger partial charge in [0, 0.05) is 35.6 Å². The number of rotatable bonds is 3. The number of benzene rings is 2. The van der Waals surface area contributed by atoms with Crippen molar-refractivity contribution in [3.05, 3.63) is 68.6 Å². The maximum Gasteiger partial charge on any atom is 0.332 e. The first-order chi connectivity index (χ1) is 13.4. The number of carbonyl (C=O) groups excluding carboxylic acids is 1. The summed E-state index contributed by atoms with van der Waals surface area (Å²) in [6.45, 7) is -0.124. The fraction of sp³-hybridized carbons (Fsp3) is 0.158. The van der Waals surface area contributed by atoms with Gasteiger partial charge >= 0.3 is 5.69 Å². The van der Waals surface area contributed by atoms with E-state index in [1.54, 1.807) is 12.1 Å². The van der Waals surface area contributed by atoms with E-state index in [4.69, 9.17) is 11.6 Å². The molecule has 0 unspecified atom stereocenters. The van der Waals surface area contributed by atoms with Crippen molar-refractivity contribution in [1.29, 1.82) is 0 Å². The van der Waals surface area contributed by atoms with Crippen molar-refractivity contribution in [2.45, 2.75) is 6.54 Å². The number of imidazole rings is 1. The molecule has 4 rings (SSSR count). The molecule has 0 saturated carbocycles. The monoisotopic (exact) mass is 397 g/mol. The van der Waals surface area contributed by atoms with Crippen molar-refractivity contribution < 1.29 is 4.79 Å². The molecule has 4 aromatic rings. The Balaban J connectivity index is 1.70. The molecule has 0 atom stereocenters. The van der Waals surface area contributed by atoms with Crippen LogP contribution in [0.25, 0.3) is 21.9 Å². The van der Waals surface area contributed by atoms with Gasteiger partial charge in [-0.2, -0.15) is 0 Å². The Labute approximate surface area is 163 Å². The number of fused-ring (bicyclic) bond motifs is 2. The molecule has 2 heterocycles. The van der Waals surface area contributed by atoms with Gasteiger partial charge in [-0.3, -0.25) is 18.7 Å². The molecule has 2 aromatic carbocycles. The maximum absolute atomic E-state index is 12.6. The Kier molecular flexibility index (Phi) is 4.27. The second kappa shape index (κ2) is 6.65. The van der Waals surface area contributed by atoms with Gasteiger partial charge in [0.1, 0.15) is 6.54 Å². The van der Waals surface area contributed by atoms with Gasteiger partial charge in [-0.1, -0.05) is 35.9 Å². The van der Waals surface area contributed by atoms with E-state index in [0.29, 0.717) is 10.7 Å². The van der Waals surface area contributed by atoms with Gasteiger partial charge in [0.15, 0.2) is 11.2 Å². The number of carbonyl (C=O) groups is 1. The third-order valence-electron chi connectivity index (χ3n) is 4.68. The van der Waals surface area contributed by atoms with E-state index >= 15 is 0 Å². The highest BCUT2D eigenvalue weighted by molar-refractivity contribution is 6.36. The molecule has 28 heavy (non-hydrogen) atoms. The molecule has 2 aromatic heterocycles. The molecule has 0 aliphatic carbocycles. The third kappa shape index (κ3) is 2.78. The minimum absolute atomic E-state index is 0.124. The quantitative estimate of drug-likeness (QED) is 0.571. The molecule has 0 spiro atoms. The SMILES string of the molecule is Cn1c(=O)c2c(ncn2CC(=O)Nc2ccc(Cl)c3ccccc23)n(C)c1=O. The minimum atomic E-state index is -0.500. The lowest BCUT2D eigenvalue weighted by atomic mass is 10.1. The topological polar surface area (TPSA) is 90.9 Å². The number of nitrogens with one attached hydrogen (secondary N) is 1. The predicted octanol–water partition coefficient (Wildman–Crippen LogP) is 1.88. The zero-order valence-electron chi connectivity index (χ0n) is 15.1. The van der Waals surface area contributed by atoms with Crippen LogP contribution in [0.15, 0.2) is 52.3 Å². The average molecular weight is 398 g/mol. The highest BCUT2D eigenvalue weighted by atomic mass is 35.5. The lowest BCUT2D eigenvalue weighted by molar-refractivity contribution is -0.116. The lowest BCUT2D eigenvalue weighted by Crippen LogP contribution is -2.37. The largest absolute Gasteiger partial charge is 0.332 e. The molecule has 0 aliphatic heterocycles. The second-order valence-electron chi connectivity index (χ2n) is 6.44. The molecule has 0 radical (unpaired) electrons. The van der Waals surface area contributed by atoms with Gasteiger partial charge in [0.05, 0.1) is 6.33 Å². The van der Waals surface area contributed by atoms with Gasteiger partial charge in [0.25, 0.3) is 5.56 Å². The lowest BCUT2D eigenvalue weighted by Gasteiger charge is -2.11. The van der Waals surface area contributed by atoms with Crippen LogP contribution < -0.4 is 16.6 Å². The summed E-state index contributed by atoms with van der Waals surface area (Å²) < 4.78 is 3.70. The normalized spacial score (nSPS) is 11.2. The highest BCUT2D eigenvalue weighted by Gasteiger charge is 2.16. The van der Waals surface area contributed by atoms with E-state index in [1.165, 1.54) is 29.6 Å². The third-order valence-corrected chi connectivity index (χ3v) is 5.01. The first-order valence-electron chi connectivity index (χ1n) is 8.46. The summed E-state index contributed by atoms with van der Waals surface area (Å²) in [6.07, 6.45) is 1.38. The van der Waals surface area contributed by atoms with Crippen LogP contribution in [0, 0.1) is 0 Å². The van der Waals surface area contributed by atoms with E-state index in [9.17, 15) is 14.4 Å².